The van der Waals surface area contributed by atoms with Crippen molar-refractivity contribution in [1.29, 1.82) is 0 Å². The van der Waals surface area contributed by atoms with Gasteiger partial charge in [-0.25, -0.2) is 0 Å². The fourth-order valence-corrected chi connectivity index (χ4v) is 3.98. The lowest BCUT2D eigenvalue weighted by molar-refractivity contribution is 0.425. The number of anilines is 1. The third-order valence-corrected chi connectivity index (χ3v) is 5.07. The molecule has 3 atom stereocenters. The minimum Gasteiger partial charge on any atom is -0.377 e. The highest BCUT2D eigenvalue weighted by Crippen LogP contribution is 2.51. The average molecular weight is 327 g/mol. The lowest BCUT2D eigenvalue weighted by atomic mass is 9.77. The van der Waals surface area contributed by atoms with Gasteiger partial charge in [0.15, 0.2) is 0 Å². The molecule has 2 aliphatic rings. The molecule has 0 bridgehead atoms. The lowest BCUT2D eigenvalue weighted by Gasteiger charge is -2.38. The zero-order valence-corrected chi connectivity index (χ0v) is 12.5. The number of hydrogen-bond donors (Lipinski definition) is 1. The van der Waals surface area contributed by atoms with Gasteiger partial charge in [-0.15, -0.1) is 0 Å². The van der Waals surface area contributed by atoms with Crippen molar-refractivity contribution in [3.63, 3.8) is 0 Å². The summed E-state index contributed by atoms with van der Waals surface area (Å²) in [6.45, 7) is 0. The monoisotopic (exact) mass is 326 g/mol. The number of fused-ring (bicyclic) bond motifs is 3. The van der Waals surface area contributed by atoms with E-state index < -0.39 is 0 Å². The molecule has 1 aromatic heterocycles. The first kappa shape index (κ1) is 12.2. The van der Waals surface area contributed by atoms with Crippen molar-refractivity contribution in [2.45, 2.75) is 18.4 Å². The molecule has 0 saturated heterocycles. The van der Waals surface area contributed by atoms with Crippen LogP contribution in [0.5, 0.6) is 0 Å². The van der Waals surface area contributed by atoms with E-state index in [0.717, 1.165) is 10.9 Å². The SMILES string of the molecule is Brc1cccc2c1N[C@H](c1ccncc1)[C@@H]1CC=C[C@@H]21. The quantitative estimate of drug-likeness (QED) is 0.770. The Bertz CT molecular complexity index is 666. The first-order valence-corrected chi connectivity index (χ1v) is 7.75. The van der Waals surface area contributed by atoms with Crippen molar-refractivity contribution >= 4 is 21.6 Å². The van der Waals surface area contributed by atoms with Gasteiger partial charge in [0.05, 0.1) is 11.7 Å². The van der Waals surface area contributed by atoms with Crippen molar-refractivity contribution in [2.24, 2.45) is 5.92 Å². The van der Waals surface area contributed by atoms with Crippen molar-refractivity contribution in [1.82, 2.24) is 4.98 Å². The molecule has 0 unspecified atom stereocenters. The van der Waals surface area contributed by atoms with Gasteiger partial charge in [0.25, 0.3) is 0 Å². The maximum atomic E-state index is 4.13. The average Bonchev–Trinajstić information content (AvgIpc) is 2.97. The normalized spacial score (nSPS) is 26.8. The predicted octanol–water partition coefficient (Wildman–Crippen LogP) is 4.67. The van der Waals surface area contributed by atoms with Crippen molar-refractivity contribution < 1.29 is 0 Å². The van der Waals surface area contributed by atoms with Gasteiger partial charge in [-0.3, -0.25) is 4.98 Å². The topological polar surface area (TPSA) is 24.9 Å². The molecule has 0 fully saturated rings. The first-order valence-electron chi connectivity index (χ1n) is 6.96. The number of pyridine rings is 1. The molecule has 100 valence electrons. The minimum absolute atomic E-state index is 0.351. The summed E-state index contributed by atoms with van der Waals surface area (Å²) in [5, 5.41) is 3.74. The van der Waals surface area contributed by atoms with Gasteiger partial charge in [-0.1, -0.05) is 24.3 Å². The largest absolute Gasteiger partial charge is 0.377 e. The Hall–Kier alpha value is -1.61. The van der Waals surface area contributed by atoms with Gasteiger partial charge in [0.2, 0.25) is 0 Å². The van der Waals surface area contributed by atoms with E-state index in [-0.39, 0.29) is 0 Å². The molecule has 0 amide bonds. The molecule has 1 aliphatic heterocycles. The first-order chi connectivity index (χ1) is 9.84. The van der Waals surface area contributed by atoms with Gasteiger partial charge in [-0.2, -0.15) is 0 Å². The molecule has 20 heavy (non-hydrogen) atoms. The second-order valence-corrected chi connectivity index (χ2v) is 6.31. The number of hydrogen-bond acceptors (Lipinski definition) is 2. The van der Waals surface area contributed by atoms with Crippen LogP contribution in [-0.4, -0.2) is 4.98 Å². The van der Waals surface area contributed by atoms with Crippen LogP contribution >= 0.6 is 15.9 Å². The van der Waals surface area contributed by atoms with Crippen LogP contribution < -0.4 is 5.32 Å². The number of rotatable bonds is 1. The molecule has 1 aliphatic carbocycles. The Morgan fingerprint density at radius 3 is 2.85 bits per heavy atom. The number of aromatic nitrogens is 1. The van der Waals surface area contributed by atoms with Crippen LogP contribution in [0.1, 0.15) is 29.5 Å². The van der Waals surface area contributed by atoms with Gasteiger partial charge < -0.3 is 5.32 Å². The molecule has 2 heterocycles. The number of para-hydroxylation sites is 1. The van der Waals surface area contributed by atoms with E-state index >= 15 is 0 Å². The molecule has 0 saturated carbocycles. The number of nitrogens with zero attached hydrogens (tertiary/aromatic N) is 1. The van der Waals surface area contributed by atoms with Gasteiger partial charge in [0.1, 0.15) is 0 Å². The highest BCUT2D eigenvalue weighted by atomic mass is 79.9. The summed E-state index contributed by atoms with van der Waals surface area (Å²) in [7, 11) is 0. The van der Waals surface area contributed by atoms with E-state index in [9.17, 15) is 0 Å². The maximum Gasteiger partial charge on any atom is 0.0555 e. The van der Waals surface area contributed by atoms with Crippen LogP contribution in [0.25, 0.3) is 0 Å². The summed E-state index contributed by atoms with van der Waals surface area (Å²) in [6.07, 6.45) is 9.58. The van der Waals surface area contributed by atoms with E-state index in [4.69, 9.17) is 0 Å². The van der Waals surface area contributed by atoms with Gasteiger partial charge in [0, 0.05) is 22.8 Å². The molecule has 0 radical (unpaired) electrons. The summed E-state index contributed by atoms with van der Waals surface area (Å²) in [4.78, 5) is 4.13. The van der Waals surface area contributed by atoms with Crippen molar-refractivity contribution in [2.75, 3.05) is 5.32 Å². The zero-order chi connectivity index (χ0) is 13.5. The predicted molar refractivity (Wildman–Crippen MR) is 84.7 cm³/mol. The van der Waals surface area contributed by atoms with E-state index in [1.807, 2.05) is 12.4 Å². The highest BCUT2D eigenvalue weighted by molar-refractivity contribution is 9.10. The molecule has 1 aromatic carbocycles. The molecule has 3 heteroatoms. The molecule has 0 spiro atoms. The fraction of sp³-hybridized carbons (Fsp3) is 0.235. The lowest BCUT2D eigenvalue weighted by Crippen LogP contribution is -2.29. The van der Waals surface area contributed by atoms with Crippen molar-refractivity contribution in [3.05, 3.63) is 70.5 Å². The minimum atomic E-state index is 0.351. The van der Waals surface area contributed by atoms with Crippen molar-refractivity contribution in [3.8, 4) is 0 Å². The highest BCUT2D eigenvalue weighted by Gasteiger charge is 2.38. The molecule has 2 aromatic rings. The zero-order valence-electron chi connectivity index (χ0n) is 11.0. The van der Waals surface area contributed by atoms with Crippen LogP contribution in [0, 0.1) is 5.92 Å². The van der Waals surface area contributed by atoms with E-state index in [1.165, 1.54) is 16.8 Å². The van der Waals surface area contributed by atoms with E-state index in [1.54, 1.807) is 0 Å². The van der Waals surface area contributed by atoms with E-state index in [0.29, 0.717) is 17.9 Å². The Morgan fingerprint density at radius 2 is 2.00 bits per heavy atom. The van der Waals surface area contributed by atoms with Crippen LogP contribution in [0.2, 0.25) is 0 Å². The van der Waals surface area contributed by atoms with Crippen LogP contribution in [0.4, 0.5) is 5.69 Å². The third-order valence-electron chi connectivity index (χ3n) is 4.41. The van der Waals surface area contributed by atoms with Crippen LogP contribution in [0.15, 0.2) is 59.4 Å². The summed E-state index contributed by atoms with van der Waals surface area (Å²) >= 11 is 3.68. The molecular weight excluding hydrogens is 312 g/mol. The molecule has 1 N–H and O–H groups in total. The number of allylic oxidation sites excluding steroid dienone is 2. The number of benzene rings is 1. The second-order valence-electron chi connectivity index (χ2n) is 5.46. The molecule has 4 rings (SSSR count). The smallest absolute Gasteiger partial charge is 0.0555 e. The summed E-state index contributed by atoms with van der Waals surface area (Å²) in [6, 6.07) is 11.1. The number of halogens is 1. The van der Waals surface area contributed by atoms with Gasteiger partial charge in [-0.05, 0) is 57.6 Å². The molecular formula is C17H15BrN2. The summed E-state index contributed by atoms with van der Waals surface area (Å²) < 4.78 is 1.15. The maximum absolute atomic E-state index is 4.13. The van der Waals surface area contributed by atoms with E-state index in [2.05, 4.69) is 68.7 Å². The summed E-state index contributed by atoms with van der Waals surface area (Å²) in [5.74, 6) is 1.11. The Balaban J connectivity index is 1.83. The van der Waals surface area contributed by atoms with Gasteiger partial charge >= 0.3 is 0 Å². The molecule has 2 nitrogen and oxygen atoms in total. The Morgan fingerprint density at radius 1 is 1.15 bits per heavy atom. The number of nitrogens with one attached hydrogen (secondary N) is 1. The van der Waals surface area contributed by atoms with Crippen LogP contribution in [-0.2, 0) is 0 Å². The standard InChI is InChI=1S/C17H15BrN2/c18-15-6-2-5-14-12-3-1-4-13(12)16(20-17(14)15)11-7-9-19-10-8-11/h1-3,5-10,12-13,16,20H,4H2/t12-,13-,16-/m1/s1. The third kappa shape index (κ3) is 1.80. The second kappa shape index (κ2) is 4.74. The fourth-order valence-electron chi connectivity index (χ4n) is 3.48. The van der Waals surface area contributed by atoms with Crippen LogP contribution in [0.3, 0.4) is 0 Å². The Labute approximate surface area is 127 Å². The Kier molecular flexibility index (Phi) is 2.88. The summed E-state index contributed by atoms with van der Waals surface area (Å²) in [5.41, 5.74) is 3.96.